The van der Waals surface area contributed by atoms with Gasteiger partial charge >= 0.3 is 5.97 Å². The Balaban J connectivity index is 3.43. The Kier molecular flexibility index (Phi) is 5.71. The van der Waals surface area contributed by atoms with E-state index in [0.717, 1.165) is 12.1 Å². The number of halogens is 1. The topological polar surface area (TPSA) is 143 Å². The molecule has 21 heavy (non-hydrogen) atoms. The van der Waals surface area contributed by atoms with Gasteiger partial charge < -0.3 is 20.4 Å². The molecule has 0 heterocycles. The molecule has 0 unspecified atom stereocenters. The third-order valence-electron chi connectivity index (χ3n) is 2.47. The summed E-state index contributed by atoms with van der Waals surface area (Å²) in [4.78, 5) is 11.7. The number of carbonyl (C=O) groups excluding carboxylic acids is 1. The first-order valence-corrected chi connectivity index (χ1v) is 5.93. The van der Waals surface area contributed by atoms with Gasteiger partial charge in [-0.05, 0) is 19.1 Å². The van der Waals surface area contributed by atoms with E-state index in [0.29, 0.717) is 0 Å². The summed E-state index contributed by atoms with van der Waals surface area (Å²) in [6.45, 7) is 1.54. The average Bonchev–Trinajstić information content (AvgIpc) is 2.39. The maximum Gasteiger partial charge on any atom is 0.327 e. The summed E-state index contributed by atoms with van der Waals surface area (Å²) < 4.78 is 4.68. The second-order valence-corrected chi connectivity index (χ2v) is 4.13. The molecule has 0 aliphatic heterocycles. The quantitative estimate of drug-likeness (QED) is 0.614. The lowest BCUT2D eigenvalue weighted by Gasteiger charge is -2.38. The number of nitrogens with zero attached hydrogens (tertiary/aromatic N) is 3. The lowest BCUT2D eigenvalue weighted by molar-refractivity contribution is -0.143. The first-order valence-electron chi connectivity index (χ1n) is 5.55. The summed E-state index contributed by atoms with van der Waals surface area (Å²) in [5.74, 6) is -2.45. The highest BCUT2D eigenvalue weighted by atomic mass is 35.5. The van der Waals surface area contributed by atoms with E-state index in [9.17, 15) is 15.2 Å². The van der Waals surface area contributed by atoms with Crippen molar-refractivity contribution < 1.29 is 19.9 Å². The number of nitriles is 1. The summed E-state index contributed by atoms with van der Waals surface area (Å²) in [6.07, 6.45) is 0. The van der Waals surface area contributed by atoms with Crippen molar-refractivity contribution in [3.8, 4) is 6.07 Å². The number of anilines is 2. The molecule has 0 saturated heterocycles. The Bertz CT molecular complexity index is 572. The molecule has 0 bridgehead atoms. The van der Waals surface area contributed by atoms with E-state index in [-0.39, 0.29) is 17.2 Å². The molecule has 2 N–H and O–H groups in total. The minimum atomic E-state index is -1.51. The summed E-state index contributed by atoms with van der Waals surface area (Å²) >= 11 is 5.70. The van der Waals surface area contributed by atoms with E-state index in [4.69, 9.17) is 27.3 Å². The Morgan fingerprint density at radius 3 is 2.52 bits per heavy atom. The van der Waals surface area contributed by atoms with Crippen molar-refractivity contribution in [2.24, 2.45) is 0 Å². The van der Waals surface area contributed by atoms with Crippen LogP contribution in [0, 0.1) is 21.7 Å². The summed E-state index contributed by atoms with van der Waals surface area (Å²) in [5.41, 5.74) is -1.36. The fourth-order valence-corrected chi connectivity index (χ4v) is 1.83. The third kappa shape index (κ3) is 3.72. The zero-order valence-corrected chi connectivity index (χ0v) is 11.4. The fourth-order valence-electron chi connectivity index (χ4n) is 1.59. The predicted molar refractivity (Wildman–Crippen MR) is 71.7 cm³/mol. The standard InChI is InChI=1S/C11H10ClN3O6/c1-2-21-11(16)7(5-13)6-3-8(12)10(15(19)20)4-9(6)14(17)18/h3-4,7,17-18H,2H2,1H3/q-2/t7-/m0/s1. The lowest BCUT2D eigenvalue weighted by atomic mass is 9.98. The Morgan fingerprint density at radius 1 is 1.48 bits per heavy atom. The van der Waals surface area contributed by atoms with E-state index >= 15 is 0 Å². The number of hydrogen-bond acceptors (Lipinski definition) is 9. The van der Waals surface area contributed by atoms with Crippen LogP contribution in [-0.2, 0) is 9.53 Å². The number of esters is 1. The van der Waals surface area contributed by atoms with E-state index in [1.165, 1.54) is 6.92 Å². The molecular formula is C11H10ClN3O6-2. The lowest BCUT2D eigenvalue weighted by Crippen LogP contribution is -2.20. The maximum absolute atomic E-state index is 11.7. The second kappa shape index (κ2) is 7.07. The van der Waals surface area contributed by atoms with Gasteiger partial charge in [0.1, 0.15) is 5.69 Å². The summed E-state index contributed by atoms with van der Waals surface area (Å²) in [6, 6.07) is 3.30. The van der Waals surface area contributed by atoms with Crippen molar-refractivity contribution in [2.45, 2.75) is 12.8 Å². The van der Waals surface area contributed by atoms with Crippen molar-refractivity contribution in [3.63, 3.8) is 0 Å². The van der Waals surface area contributed by atoms with E-state index in [1.807, 2.05) is 0 Å². The van der Waals surface area contributed by atoms with Gasteiger partial charge in [0.05, 0.1) is 17.7 Å². The molecule has 1 aromatic rings. The number of benzene rings is 1. The van der Waals surface area contributed by atoms with Gasteiger partial charge in [-0.15, -0.1) is 5.23 Å². The molecule has 0 amide bonds. The number of hydrogen-bond donors (Lipinski definition) is 2. The van der Waals surface area contributed by atoms with Gasteiger partial charge in [-0.3, -0.25) is 15.2 Å². The smallest absolute Gasteiger partial charge is 0.327 e. The van der Waals surface area contributed by atoms with Crippen LogP contribution in [-0.4, -0.2) is 23.0 Å². The van der Waals surface area contributed by atoms with Crippen molar-refractivity contribution >= 4 is 28.9 Å². The number of rotatable bonds is 5. The van der Waals surface area contributed by atoms with Crippen LogP contribution in [0.25, 0.3) is 0 Å². The van der Waals surface area contributed by atoms with Crippen LogP contribution in [0.1, 0.15) is 18.4 Å². The van der Waals surface area contributed by atoms with E-state index in [2.05, 4.69) is 4.74 Å². The molecule has 0 aliphatic rings. The van der Waals surface area contributed by atoms with Gasteiger partial charge in [-0.2, -0.15) is 5.26 Å². The monoisotopic (exact) mass is 315 g/mol. The van der Waals surface area contributed by atoms with Crippen LogP contribution < -0.4 is 10.5 Å². The highest BCUT2D eigenvalue weighted by Gasteiger charge is 2.27. The first-order chi connectivity index (χ1) is 9.83. The van der Waals surface area contributed by atoms with Crippen molar-refractivity contribution in [1.82, 2.24) is 0 Å². The van der Waals surface area contributed by atoms with E-state index in [1.54, 1.807) is 6.07 Å². The molecule has 0 saturated carbocycles. The van der Waals surface area contributed by atoms with Crippen LogP contribution >= 0.6 is 11.6 Å². The van der Waals surface area contributed by atoms with Gasteiger partial charge in [0.2, 0.25) is 0 Å². The van der Waals surface area contributed by atoms with Crippen LogP contribution in [0.2, 0.25) is 5.02 Å². The van der Waals surface area contributed by atoms with Crippen LogP contribution in [0.5, 0.6) is 0 Å². The molecule has 1 rings (SSSR count). The second-order valence-electron chi connectivity index (χ2n) is 3.72. The first kappa shape index (κ1) is 17.0. The zero-order chi connectivity index (χ0) is 16.2. The van der Waals surface area contributed by atoms with Gasteiger partial charge in [0, 0.05) is 11.3 Å². The molecule has 114 valence electrons. The minimum Gasteiger partial charge on any atom is -0.769 e. The fraction of sp³-hybridized carbons (Fsp3) is 0.273. The normalized spacial score (nSPS) is 11.5. The van der Waals surface area contributed by atoms with Crippen LogP contribution in [0.3, 0.4) is 0 Å². The Morgan fingerprint density at radius 2 is 2.10 bits per heavy atom. The molecule has 0 radical (unpaired) electrons. The molecule has 1 atom stereocenters. The van der Waals surface area contributed by atoms with Crippen molar-refractivity contribution in [1.29, 1.82) is 5.26 Å². The van der Waals surface area contributed by atoms with Gasteiger partial charge in [0.15, 0.2) is 5.92 Å². The van der Waals surface area contributed by atoms with Gasteiger partial charge in [-0.1, -0.05) is 11.6 Å². The molecular weight excluding hydrogens is 306 g/mol. The minimum absolute atomic E-state index is 0.00895. The van der Waals surface area contributed by atoms with Crippen molar-refractivity contribution in [3.05, 3.63) is 33.1 Å². The maximum atomic E-state index is 11.7. The number of carbonyl (C=O) groups is 1. The molecule has 9 nitrogen and oxygen atoms in total. The third-order valence-corrected chi connectivity index (χ3v) is 2.77. The Labute approximate surface area is 124 Å². The summed E-state index contributed by atoms with van der Waals surface area (Å²) in [5, 5.41) is 47.2. The van der Waals surface area contributed by atoms with Gasteiger partial charge in [0.25, 0.3) is 0 Å². The molecule has 10 heteroatoms. The molecule has 0 aliphatic carbocycles. The summed E-state index contributed by atoms with van der Waals surface area (Å²) in [7, 11) is 0. The van der Waals surface area contributed by atoms with Gasteiger partial charge in [-0.25, -0.2) is 0 Å². The molecule has 0 aromatic heterocycles. The predicted octanol–water partition coefficient (Wildman–Crippen LogP) is 1.90. The van der Waals surface area contributed by atoms with Crippen LogP contribution in [0.4, 0.5) is 11.4 Å². The number of ether oxygens (including phenoxy) is 1. The molecule has 1 aromatic carbocycles. The Hall–Kier alpha value is -2.09. The average molecular weight is 316 g/mol. The van der Waals surface area contributed by atoms with E-state index < -0.39 is 33.7 Å². The SMILES string of the molecule is CCOC(=O)[C@@H](C#N)c1cc(Cl)c(N([O-])[O-])cc1N(O)O. The largest absolute Gasteiger partial charge is 0.769 e. The highest BCUT2D eigenvalue weighted by Crippen LogP contribution is 2.36. The molecule has 0 spiro atoms. The van der Waals surface area contributed by atoms with Crippen molar-refractivity contribution in [2.75, 3.05) is 17.1 Å². The zero-order valence-electron chi connectivity index (χ0n) is 10.7. The molecule has 0 fully saturated rings. The highest BCUT2D eigenvalue weighted by molar-refractivity contribution is 6.33. The van der Waals surface area contributed by atoms with Crippen LogP contribution in [0.15, 0.2) is 12.1 Å².